The van der Waals surface area contributed by atoms with E-state index in [1.54, 1.807) is 12.4 Å². The molecule has 4 heteroatoms. The van der Waals surface area contributed by atoms with Gasteiger partial charge in [0, 0.05) is 12.6 Å². The minimum absolute atomic E-state index is 0.468. The van der Waals surface area contributed by atoms with Gasteiger partial charge in [-0.15, -0.1) is 0 Å². The Morgan fingerprint density at radius 1 is 1.38 bits per heavy atom. The van der Waals surface area contributed by atoms with Gasteiger partial charge in [-0.2, -0.15) is 0 Å². The van der Waals surface area contributed by atoms with Crippen LogP contribution in [0.2, 0.25) is 5.15 Å². The fourth-order valence-corrected chi connectivity index (χ4v) is 1.92. The standard InChI is InChI=1S/C12H18ClN3/c1-2-3-6-16(11-4-5-11)9-10-7-15-12(13)8-14-10/h7-8,11H,2-6,9H2,1H3. The summed E-state index contributed by atoms with van der Waals surface area (Å²) in [5.41, 5.74) is 1.02. The smallest absolute Gasteiger partial charge is 0.147 e. The van der Waals surface area contributed by atoms with Crippen LogP contribution in [0.1, 0.15) is 38.3 Å². The van der Waals surface area contributed by atoms with Crippen LogP contribution in [0.4, 0.5) is 0 Å². The molecule has 1 aliphatic carbocycles. The Bertz CT molecular complexity index is 322. The number of hydrogen-bond donors (Lipinski definition) is 0. The average Bonchev–Trinajstić information content (AvgIpc) is 3.11. The molecule has 0 aliphatic heterocycles. The number of nitrogens with zero attached hydrogens (tertiary/aromatic N) is 3. The predicted molar refractivity (Wildman–Crippen MR) is 65.4 cm³/mol. The Morgan fingerprint density at radius 2 is 2.19 bits per heavy atom. The molecule has 0 spiro atoms. The van der Waals surface area contributed by atoms with E-state index in [-0.39, 0.29) is 0 Å². The Hall–Kier alpha value is -0.670. The van der Waals surface area contributed by atoms with Gasteiger partial charge in [-0.25, -0.2) is 4.98 Å². The zero-order chi connectivity index (χ0) is 11.4. The number of halogens is 1. The Labute approximate surface area is 102 Å². The molecule has 0 amide bonds. The molecule has 0 unspecified atom stereocenters. The summed E-state index contributed by atoms with van der Waals surface area (Å²) in [7, 11) is 0. The quantitative estimate of drug-likeness (QED) is 0.765. The summed E-state index contributed by atoms with van der Waals surface area (Å²) in [5, 5.41) is 0.468. The van der Waals surface area contributed by atoms with Crippen molar-refractivity contribution < 1.29 is 0 Å². The molecule has 0 radical (unpaired) electrons. The predicted octanol–water partition coefficient (Wildman–Crippen LogP) is 2.89. The summed E-state index contributed by atoms with van der Waals surface area (Å²) in [6.45, 7) is 4.31. The monoisotopic (exact) mass is 239 g/mol. The molecule has 2 rings (SSSR count). The van der Waals surface area contributed by atoms with Gasteiger partial charge in [0.1, 0.15) is 5.15 Å². The van der Waals surface area contributed by atoms with Crippen LogP contribution in [-0.4, -0.2) is 27.5 Å². The molecular formula is C12H18ClN3. The van der Waals surface area contributed by atoms with E-state index in [0.29, 0.717) is 5.15 Å². The van der Waals surface area contributed by atoms with Crippen LogP contribution < -0.4 is 0 Å². The molecule has 1 fully saturated rings. The van der Waals surface area contributed by atoms with E-state index in [1.165, 1.54) is 32.2 Å². The zero-order valence-corrected chi connectivity index (χ0v) is 10.5. The van der Waals surface area contributed by atoms with E-state index in [2.05, 4.69) is 21.8 Å². The second-order valence-corrected chi connectivity index (χ2v) is 4.77. The van der Waals surface area contributed by atoms with Crippen molar-refractivity contribution in [1.29, 1.82) is 0 Å². The molecule has 1 saturated carbocycles. The summed E-state index contributed by atoms with van der Waals surface area (Å²) in [5.74, 6) is 0. The molecule has 0 atom stereocenters. The SMILES string of the molecule is CCCCN(Cc1cnc(Cl)cn1)C1CC1. The lowest BCUT2D eigenvalue weighted by Crippen LogP contribution is -2.27. The van der Waals surface area contributed by atoms with E-state index >= 15 is 0 Å². The van der Waals surface area contributed by atoms with Crippen molar-refractivity contribution in [2.24, 2.45) is 0 Å². The van der Waals surface area contributed by atoms with E-state index in [1.807, 2.05) is 0 Å². The highest BCUT2D eigenvalue weighted by molar-refractivity contribution is 6.29. The first-order chi connectivity index (χ1) is 7.79. The van der Waals surface area contributed by atoms with Crippen molar-refractivity contribution >= 4 is 11.6 Å². The van der Waals surface area contributed by atoms with E-state index in [9.17, 15) is 0 Å². The third-order valence-corrected chi connectivity index (χ3v) is 3.10. The molecule has 3 nitrogen and oxygen atoms in total. The van der Waals surface area contributed by atoms with Crippen LogP contribution in [0, 0.1) is 0 Å². The van der Waals surface area contributed by atoms with Gasteiger partial charge in [0.2, 0.25) is 0 Å². The normalized spacial score (nSPS) is 15.7. The van der Waals surface area contributed by atoms with Gasteiger partial charge in [-0.1, -0.05) is 24.9 Å². The van der Waals surface area contributed by atoms with Crippen molar-refractivity contribution in [2.75, 3.05) is 6.54 Å². The topological polar surface area (TPSA) is 29.0 Å². The molecule has 88 valence electrons. The van der Waals surface area contributed by atoms with E-state index < -0.39 is 0 Å². The maximum absolute atomic E-state index is 5.72. The Morgan fingerprint density at radius 3 is 2.75 bits per heavy atom. The van der Waals surface area contributed by atoms with Gasteiger partial charge < -0.3 is 0 Å². The second kappa shape index (κ2) is 5.60. The first kappa shape index (κ1) is 11.8. The number of rotatable bonds is 6. The van der Waals surface area contributed by atoms with Crippen LogP contribution in [0.3, 0.4) is 0 Å². The summed E-state index contributed by atoms with van der Waals surface area (Å²) in [6, 6.07) is 0.782. The van der Waals surface area contributed by atoms with Crippen molar-refractivity contribution in [3.63, 3.8) is 0 Å². The largest absolute Gasteiger partial charge is 0.295 e. The van der Waals surface area contributed by atoms with Crippen LogP contribution >= 0.6 is 11.6 Å². The van der Waals surface area contributed by atoms with Gasteiger partial charge in [0.15, 0.2) is 0 Å². The lowest BCUT2D eigenvalue weighted by Gasteiger charge is -2.20. The number of unbranched alkanes of at least 4 members (excludes halogenated alkanes) is 1. The Balaban J connectivity index is 1.91. The maximum atomic E-state index is 5.72. The minimum Gasteiger partial charge on any atom is -0.295 e. The molecule has 0 bridgehead atoms. The third kappa shape index (κ3) is 3.42. The molecule has 1 aromatic heterocycles. The number of aromatic nitrogens is 2. The summed E-state index contributed by atoms with van der Waals surface area (Å²) < 4.78 is 0. The fourth-order valence-electron chi connectivity index (χ4n) is 1.82. The summed E-state index contributed by atoms with van der Waals surface area (Å²) >= 11 is 5.72. The highest BCUT2D eigenvalue weighted by Gasteiger charge is 2.28. The van der Waals surface area contributed by atoms with Crippen molar-refractivity contribution in [3.05, 3.63) is 23.2 Å². The molecule has 0 aromatic carbocycles. The number of hydrogen-bond acceptors (Lipinski definition) is 3. The molecule has 1 aliphatic rings. The maximum Gasteiger partial charge on any atom is 0.147 e. The third-order valence-electron chi connectivity index (χ3n) is 2.90. The minimum atomic E-state index is 0.468. The van der Waals surface area contributed by atoms with Gasteiger partial charge in [-0.05, 0) is 25.8 Å². The molecule has 0 N–H and O–H groups in total. The van der Waals surface area contributed by atoms with Gasteiger partial charge in [0.05, 0.1) is 18.1 Å². The van der Waals surface area contributed by atoms with Crippen molar-refractivity contribution in [1.82, 2.24) is 14.9 Å². The lowest BCUT2D eigenvalue weighted by molar-refractivity contribution is 0.247. The van der Waals surface area contributed by atoms with Crippen LogP contribution in [-0.2, 0) is 6.54 Å². The van der Waals surface area contributed by atoms with Gasteiger partial charge in [0.25, 0.3) is 0 Å². The van der Waals surface area contributed by atoms with Crippen LogP contribution in [0.25, 0.3) is 0 Å². The second-order valence-electron chi connectivity index (χ2n) is 4.39. The highest BCUT2D eigenvalue weighted by atomic mass is 35.5. The van der Waals surface area contributed by atoms with Gasteiger partial charge >= 0.3 is 0 Å². The van der Waals surface area contributed by atoms with Crippen molar-refractivity contribution in [2.45, 2.75) is 45.2 Å². The molecule has 1 aromatic rings. The molecule has 0 saturated heterocycles. The molecule has 16 heavy (non-hydrogen) atoms. The van der Waals surface area contributed by atoms with Crippen molar-refractivity contribution in [3.8, 4) is 0 Å². The Kier molecular flexibility index (Phi) is 4.13. The van der Waals surface area contributed by atoms with Gasteiger partial charge in [-0.3, -0.25) is 9.88 Å². The van der Waals surface area contributed by atoms with E-state index in [4.69, 9.17) is 11.6 Å². The zero-order valence-electron chi connectivity index (χ0n) is 9.69. The average molecular weight is 240 g/mol. The molecular weight excluding hydrogens is 222 g/mol. The van der Waals surface area contributed by atoms with Crippen LogP contribution in [0.15, 0.2) is 12.4 Å². The highest BCUT2D eigenvalue weighted by Crippen LogP contribution is 2.28. The van der Waals surface area contributed by atoms with E-state index in [0.717, 1.165) is 18.3 Å². The lowest BCUT2D eigenvalue weighted by atomic mass is 10.3. The summed E-state index contributed by atoms with van der Waals surface area (Å²) in [6.07, 6.45) is 8.59. The van der Waals surface area contributed by atoms with Crippen LogP contribution in [0.5, 0.6) is 0 Å². The fraction of sp³-hybridized carbons (Fsp3) is 0.667. The molecule has 1 heterocycles. The summed E-state index contributed by atoms with van der Waals surface area (Å²) in [4.78, 5) is 10.9. The first-order valence-electron chi connectivity index (χ1n) is 6.00. The first-order valence-corrected chi connectivity index (χ1v) is 6.38.